The first-order valence-corrected chi connectivity index (χ1v) is 10.9. The molecular formula is C19H21ClN2O5S. The molecule has 1 saturated heterocycles. The maximum absolute atomic E-state index is 12.8. The minimum Gasteiger partial charge on any atom is -0.349 e. The Morgan fingerprint density at radius 2 is 1.71 bits per heavy atom. The van der Waals surface area contributed by atoms with Gasteiger partial charge in [0.1, 0.15) is 6.04 Å². The molecule has 0 aromatic heterocycles. The maximum atomic E-state index is 12.8. The van der Waals surface area contributed by atoms with Gasteiger partial charge in [-0.3, -0.25) is 4.79 Å². The quantitative estimate of drug-likeness (QED) is 0.708. The Bertz CT molecular complexity index is 913. The molecule has 1 unspecified atom stereocenters. The summed E-state index contributed by atoms with van der Waals surface area (Å²) in [6, 6.07) is 14.5. The van der Waals surface area contributed by atoms with E-state index in [9.17, 15) is 13.2 Å². The Balaban J connectivity index is 1.79. The van der Waals surface area contributed by atoms with Crippen molar-refractivity contribution in [3.63, 3.8) is 0 Å². The molecule has 7 nitrogen and oxygen atoms in total. The van der Waals surface area contributed by atoms with E-state index in [1.165, 1.54) is 0 Å². The zero-order chi connectivity index (χ0) is 20.2. The number of carbonyl (C=O) groups is 1. The van der Waals surface area contributed by atoms with Crippen molar-refractivity contribution in [2.45, 2.75) is 11.8 Å². The average molecular weight is 425 g/mol. The lowest BCUT2D eigenvalue weighted by atomic mass is 10.0. The van der Waals surface area contributed by atoms with Crippen molar-refractivity contribution < 1.29 is 22.7 Å². The summed E-state index contributed by atoms with van der Waals surface area (Å²) in [4.78, 5) is 12.8. The van der Waals surface area contributed by atoms with E-state index in [4.69, 9.17) is 21.1 Å². The molecule has 1 heterocycles. The van der Waals surface area contributed by atoms with Gasteiger partial charge in [-0.1, -0.05) is 54.1 Å². The molecule has 0 radical (unpaired) electrons. The number of carbonyl (C=O) groups excluding carboxylic acids is 1. The van der Waals surface area contributed by atoms with Crippen molar-refractivity contribution in [2.24, 2.45) is 0 Å². The van der Waals surface area contributed by atoms with Crippen LogP contribution in [0.25, 0.3) is 0 Å². The maximum Gasteiger partial charge on any atom is 0.242 e. The highest BCUT2D eigenvalue weighted by Gasteiger charge is 2.39. The third kappa shape index (κ3) is 5.09. The second kappa shape index (κ2) is 8.59. The molecule has 1 aliphatic rings. The van der Waals surface area contributed by atoms with Gasteiger partial charge in [-0.2, -0.15) is 4.72 Å². The number of hydrogen-bond acceptors (Lipinski definition) is 5. The Hall–Kier alpha value is -1.97. The zero-order valence-electron chi connectivity index (χ0n) is 15.2. The van der Waals surface area contributed by atoms with Crippen LogP contribution in [0.1, 0.15) is 17.2 Å². The molecule has 0 aliphatic carbocycles. The smallest absolute Gasteiger partial charge is 0.242 e. The monoisotopic (exact) mass is 424 g/mol. The van der Waals surface area contributed by atoms with Crippen LogP contribution in [-0.4, -0.2) is 40.3 Å². The second-order valence-corrected chi connectivity index (χ2v) is 8.62. The number of amides is 1. The third-order valence-electron chi connectivity index (χ3n) is 4.26. The van der Waals surface area contributed by atoms with Crippen molar-refractivity contribution in [1.29, 1.82) is 0 Å². The van der Waals surface area contributed by atoms with Gasteiger partial charge in [0.05, 0.1) is 26.0 Å². The third-order valence-corrected chi connectivity index (χ3v) is 5.18. The number of nitrogens with one attached hydrogen (secondary N) is 2. The summed E-state index contributed by atoms with van der Waals surface area (Å²) in [6.45, 7) is 0.770. The van der Waals surface area contributed by atoms with E-state index in [1.807, 2.05) is 0 Å². The van der Waals surface area contributed by atoms with E-state index in [-0.39, 0.29) is 6.54 Å². The van der Waals surface area contributed by atoms with E-state index in [2.05, 4.69) is 10.0 Å². The van der Waals surface area contributed by atoms with Gasteiger partial charge >= 0.3 is 0 Å². The minimum atomic E-state index is -3.61. The van der Waals surface area contributed by atoms with Crippen molar-refractivity contribution in [1.82, 2.24) is 10.0 Å². The number of halogens is 1. The summed E-state index contributed by atoms with van der Waals surface area (Å²) in [7, 11) is -3.61. The number of rotatable bonds is 7. The first kappa shape index (κ1) is 20.8. The number of benzene rings is 2. The number of hydrogen-bond donors (Lipinski definition) is 2. The van der Waals surface area contributed by atoms with Gasteiger partial charge in [-0.25, -0.2) is 8.42 Å². The number of sulfonamides is 1. The summed E-state index contributed by atoms with van der Waals surface area (Å²) in [5.41, 5.74) is 1.24. The van der Waals surface area contributed by atoms with E-state index in [0.29, 0.717) is 29.4 Å². The summed E-state index contributed by atoms with van der Waals surface area (Å²) in [5, 5.41) is 3.32. The molecule has 1 fully saturated rings. The van der Waals surface area contributed by atoms with Gasteiger partial charge in [-0.05, 0) is 17.7 Å². The Kier molecular flexibility index (Phi) is 6.36. The van der Waals surface area contributed by atoms with Crippen LogP contribution < -0.4 is 10.0 Å². The van der Waals surface area contributed by atoms with Crippen LogP contribution in [0, 0.1) is 0 Å². The molecule has 2 aromatic carbocycles. The van der Waals surface area contributed by atoms with E-state index in [0.717, 1.165) is 6.26 Å². The lowest BCUT2D eigenvalue weighted by Crippen LogP contribution is -2.46. The van der Waals surface area contributed by atoms with Gasteiger partial charge in [0.15, 0.2) is 0 Å². The molecule has 9 heteroatoms. The molecular weight excluding hydrogens is 404 g/mol. The first-order valence-electron chi connectivity index (χ1n) is 8.63. The molecule has 1 atom stereocenters. The van der Waals surface area contributed by atoms with E-state index < -0.39 is 27.8 Å². The lowest BCUT2D eigenvalue weighted by molar-refractivity contribution is -0.165. The van der Waals surface area contributed by atoms with Crippen molar-refractivity contribution >= 4 is 27.5 Å². The van der Waals surface area contributed by atoms with Crippen molar-refractivity contribution in [2.75, 3.05) is 26.0 Å². The predicted molar refractivity (Wildman–Crippen MR) is 105 cm³/mol. The molecule has 1 amide bonds. The minimum absolute atomic E-state index is 0.0161. The van der Waals surface area contributed by atoms with Crippen LogP contribution in [0.3, 0.4) is 0 Å². The van der Waals surface area contributed by atoms with Gasteiger partial charge in [0.25, 0.3) is 0 Å². The molecule has 150 valence electrons. The van der Waals surface area contributed by atoms with Crippen molar-refractivity contribution in [3.05, 3.63) is 70.7 Å². The molecule has 3 rings (SSSR count). The van der Waals surface area contributed by atoms with Crippen LogP contribution in [0.2, 0.25) is 5.02 Å². The highest BCUT2D eigenvalue weighted by atomic mass is 35.5. The number of ether oxygens (including phenoxy) is 2. The fourth-order valence-electron chi connectivity index (χ4n) is 2.97. The molecule has 2 N–H and O–H groups in total. The fraction of sp³-hybridized carbons (Fsp3) is 0.316. The second-order valence-electron chi connectivity index (χ2n) is 6.41. The molecule has 1 aliphatic heterocycles. The Morgan fingerprint density at radius 3 is 2.29 bits per heavy atom. The van der Waals surface area contributed by atoms with Crippen LogP contribution in [0.5, 0.6) is 0 Å². The van der Waals surface area contributed by atoms with Crippen molar-refractivity contribution in [3.8, 4) is 0 Å². The van der Waals surface area contributed by atoms with Crippen LogP contribution in [-0.2, 0) is 30.1 Å². The Morgan fingerprint density at radius 1 is 1.11 bits per heavy atom. The molecule has 0 bridgehead atoms. The molecule has 28 heavy (non-hydrogen) atoms. The summed E-state index contributed by atoms with van der Waals surface area (Å²) < 4.78 is 37.4. The summed E-state index contributed by atoms with van der Waals surface area (Å²) in [5.74, 6) is -1.66. The van der Waals surface area contributed by atoms with Crippen LogP contribution >= 0.6 is 11.6 Å². The topological polar surface area (TPSA) is 93.7 Å². The van der Waals surface area contributed by atoms with Crippen LogP contribution in [0.15, 0.2) is 54.6 Å². The largest absolute Gasteiger partial charge is 0.349 e. The fourth-order valence-corrected chi connectivity index (χ4v) is 3.76. The highest BCUT2D eigenvalue weighted by molar-refractivity contribution is 7.88. The van der Waals surface area contributed by atoms with Gasteiger partial charge in [0.2, 0.25) is 21.7 Å². The Labute approximate surface area is 169 Å². The SMILES string of the molecule is CS(=O)(=O)NC(C(=O)NCC1(c2ccc(Cl)cc2)OCCO1)c1ccccc1. The van der Waals surface area contributed by atoms with Crippen LogP contribution in [0.4, 0.5) is 0 Å². The first-order chi connectivity index (χ1) is 13.3. The lowest BCUT2D eigenvalue weighted by Gasteiger charge is -2.29. The average Bonchev–Trinajstić information content (AvgIpc) is 3.15. The van der Waals surface area contributed by atoms with Gasteiger partial charge < -0.3 is 14.8 Å². The molecule has 0 saturated carbocycles. The predicted octanol–water partition coefficient (Wildman–Crippen LogP) is 1.95. The normalized spacial score (nSPS) is 17.2. The van der Waals surface area contributed by atoms with E-state index >= 15 is 0 Å². The summed E-state index contributed by atoms with van der Waals surface area (Å²) >= 11 is 5.95. The molecule has 2 aromatic rings. The van der Waals surface area contributed by atoms with Gasteiger partial charge in [-0.15, -0.1) is 0 Å². The highest BCUT2D eigenvalue weighted by Crippen LogP contribution is 2.32. The van der Waals surface area contributed by atoms with E-state index in [1.54, 1.807) is 54.6 Å². The summed E-state index contributed by atoms with van der Waals surface area (Å²) in [6.07, 6.45) is 1.01. The zero-order valence-corrected chi connectivity index (χ0v) is 16.8. The van der Waals surface area contributed by atoms with Gasteiger partial charge in [0, 0.05) is 10.6 Å². The standard InChI is InChI=1S/C19H21ClN2O5S/c1-28(24,25)22-17(14-5-3-2-4-6-14)18(23)21-13-19(26-11-12-27-19)15-7-9-16(20)10-8-15/h2-10,17,22H,11-13H2,1H3,(H,21,23). The molecule has 0 spiro atoms.